The van der Waals surface area contributed by atoms with Crippen LogP contribution in [0.3, 0.4) is 0 Å². The zero-order valence-corrected chi connectivity index (χ0v) is 16.1. The van der Waals surface area contributed by atoms with Crippen molar-refractivity contribution in [1.82, 2.24) is 15.6 Å². The first-order valence-electron chi connectivity index (χ1n) is 8.98. The Hall–Kier alpha value is -2.97. The van der Waals surface area contributed by atoms with E-state index in [1.165, 1.54) is 29.4 Å². The number of rotatable bonds is 5. The number of amides is 2. The molecule has 8 heteroatoms. The van der Waals surface area contributed by atoms with Gasteiger partial charge in [-0.3, -0.25) is 9.59 Å². The van der Waals surface area contributed by atoms with Crippen molar-refractivity contribution >= 4 is 28.3 Å². The highest BCUT2D eigenvalue weighted by molar-refractivity contribution is 7.14. The number of carbonyl (C=O) groups is 2. The number of hydrogen-bond acceptors (Lipinski definition) is 6. The van der Waals surface area contributed by atoms with Crippen molar-refractivity contribution in [3.05, 3.63) is 58.7 Å². The number of furan rings is 1. The number of hydrogen-bond donors (Lipinski definition) is 3. The van der Waals surface area contributed by atoms with Gasteiger partial charge < -0.3 is 20.4 Å². The van der Waals surface area contributed by atoms with Crippen LogP contribution in [0, 0.1) is 0 Å². The Morgan fingerprint density at radius 1 is 1.25 bits per heavy atom. The smallest absolute Gasteiger partial charge is 0.243 e. The van der Waals surface area contributed by atoms with Gasteiger partial charge in [0.15, 0.2) is 10.9 Å². The van der Waals surface area contributed by atoms with Crippen molar-refractivity contribution in [2.75, 3.05) is 5.32 Å². The molecule has 4 rings (SSSR count). The van der Waals surface area contributed by atoms with Gasteiger partial charge in [0.1, 0.15) is 11.5 Å². The van der Waals surface area contributed by atoms with E-state index in [1.807, 2.05) is 17.5 Å². The summed E-state index contributed by atoms with van der Waals surface area (Å²) in [6.45, 7) is 2.47. The summed E-state index contributed by atoms with van der Waals surface area (Å²) in [5, 5.41) is 11.2. The summed E-state index contributed by atoms with van der Waals surface area (Å²) in [4.78, 5) is 28.0. The molecule has 3 aromatic rings. The summed E-state index contributed by atoms with van der Waals surface area (Å²) < 4.78 is 5.70. The minimum absolute atomic E-state index is 0.0961. The third-order valence-corrected chi connectivity index (χ3v) is 5.32. The summed E-state index contributed by atoms with van der Waals surface area (Å²) in [6.07, 6.45) is 0.658. The molecule has 7 nitrogen and oxygen atoms in total. The van der Waals surface area contributed by atoms with Gasteiger partial charge in [0.05, 0.1) is 12.6 Å². The molecule has 2 amide bonds. The maximum atomic E-state index is 12.6. The SMILES string of the molecule is CC(=O)NCc1ccc(-c2csc(NC(=O)C3Cc4ccccc4CN3)n2)o1. The van der Waals surface area contributed by atoms with Gasteiger partial charge in [-0.1, -0.05) is 24.3 Å². The molecular formula is C20H20N4O3S. The van der Waals surface area contributed by atoms with Crippen LogP contribution in [-0.4, -0.2) is 22.8 Å². The fraction of sp³-hybridized carbons (Fsp3) is 0.250. The fourth-order valence-corrected chi connectivity index (χ4v) is 3.80. The first-order chi connectivity index (χ1) is 13.6. The second kappa shape index (κ2) is 7.95. The Morgan fingerprint density at radius 2 is 2.07 bits per heavy atom. The van der Waals surface area contributed by atoms with E-state index in [1.54, 1.807) is 12.1 Å². The zero-order valence-electron chi connectivity index (χ0n) is 15.3. The molecule has 1 aromatic carbocycles. The monoisotopic (exact) mass is 396 g/mol. The molecule has 0 bridgehead atoms. The van der Waals surface area contributed by atoms with Crippen LogP contribution >= 0.6 is 11.3 Å². The Morgan fingerprint density at radius 3 is 2.89 bits per heavy atom. The van der Waals surface area contributed by atoms with E-state index in [4.69, 9.17) is 4.42 Å². The Labute approximate surface area is 166 Å². The minimum atomic E-state index is -0.282. The lowest BCUT2D eigenvalue weighted by atomic mass is 9.95. The highest BCUT2D eigenvalue weighted by Gasteiger charge is 2.24. The number of benzene rings is 1. The first-order valence-corrected chi connectivity index (χ1v) is 9.86. The summed E-state index contributed by atoms with van der Waals surface area (Å²) >= 11 is 1.35. The zero-order chi connectivity index (χ0) is 19.5. The molecule has 2 aromatic heterocycles. The molecule has 0 aliphatic carbocycles. The summed E-state index contributed by atoms with van der Waals surface area (Å²) in [5.74, 6) is 1.03. The van der Waals surface area contributed by atoms with E-state index < -0.39 is 0 Å². The normalized spacial score (nSPS) is 15.7. The van der Waals surface area contributed by atoms with E-state index in [9.17, 15) is 9.59 Å². The lowest BCUT2D eigenvalue weighted by Gasteiger charge is -2.24. The molecule has 28 heavy (non-hydrogen) atoms. The van der Waals surface area contributed by atoms with Gasteiger partial charge >= 0.3 is 0 Å². The maximum Gasteiger partial charge on any atom is 0.243 e. The molecule has 1 unspecified atom stereocenters. The average Bonchev–Trinajstić information content (AvgIpc) is 3.35. The van der Waals surface area contributed by atoms with Crippen LogP contribution in [0.15, 0.2) is 46.2 Å². The molecule has 3 heterocycles. The predicted molar refractivity (Wildman–Crippen MR) is 107 cm³/mol. The molecule has 0 saturated heterocycles. The fourth-order valence-electron chi connectivity index (χ4n) is 3.10. The molecule has 1 aliphatic heterocycles. The molecule has 0 fully saturated rings. The van der Waals surface area contributed by atoms with Crippen LogP contribution in [0.2, 0.25) is 0 Å². The predicted octanol–water partition coefficient (Wildman–Crippen LogP) is 2.69. The first kappa shape index (κ1) is 18.4. The summed E-state index contributed by atoms with van der Waals surface area (Å²) in [6, 6.07) is 11.5. The van der Waals surface area contributed by atoms with Gasteiger partial charge in [0.2, 0.25) is 11.8 Å². The molecule has 0 spiro atoms. The molecule has 0 saturated carbocycles. The number of aromatic nitrogens is 1. The van der Waals surface area contributed by atoms with E-state index in [0.717, 1.165) is 0 Å². The second-order valence-corrected chi connectivity index (χ2v) is 7.47. The van der Waals surface area contributed by atoms with Gasteiger partial charge in [0.25, 0.3) is 0 Å². The quantitative estimate of drug-likeness (QED) is 0.616. The van der Waals surface area contributed by atoms with Gasteiger partial charge in [-0.25, -0.2) is 4.98 Å². The van der Waals surface area contributed by atoms with Crippen molar-refractivity contribution in [3.63, 3.8) is 0 Å². The number of fused-ring (bicyclic) bond motifs is 1. The van der Waals surface area contributed by atoms with Crippen LogP contribution in [0.1, 0.15) is 23.8 Å². The van der Waals surface area contributed by atoms with Crippen LogP contribution in [0.25, 0.3) is 11.5 Å². The molecule has 1 aliphatic rings. The number of thiazole rings is 1. The highest BCUT2D eigenvalue weighted by atomic mass is 32.1. The second-order valence-electron chi connectivity index (χ2n) is 6.61. The van der Waals surface area contributed by atoms with Crippen LogP contribution in [0.4, 0.5) is 5.13 Å². The number of carbonyl (C=O) groups excluding carboxylic acids is 2. The Bertz CT molecular complexity index is 1010. The van der Waals surface area contributed by atoms with Crippen molar-refractivity contribution in [2.24, 2.45) is 0 Å². The van der Waals surface area contributed by atoms with Crippen LogP contribution < -0.4 is 16.0 Å². The van der Waals surface area contributed by atoms with Crippen LogP contribution in [0.5, 0.6) is 0 Å². The minimum Gasteiger partial charge on any atom is -0.458 e. The van der Waals surface area contributed by atoms with Gasteiger partial charge in [0, 0.05) is 18.8 Å². The third-order valence-electron chi connectivity index (χ3n) is 4.56. The molecule has 0 radical (unpaired) electrons. The van der Waals surface area contributed by atoms with Crippen molar-refractivity contribution in [1.29, 1.82) is 0 Å². The third kappa shape index (κ3) is 4.13. The van der Waals surface area contributed by atoms with Crippen molar-refractivity contribution < 1.29 is 14.0 Å². The van der Waals surface area contributed by atoms with Crippen molar-refractivity contribution in [2.45, 2.75) is 32.5 Å². The largest absolute Gasteiger partial charge is 0.458 e. The summed E-state index contributed by atoms with van der Waals surface area (Å²) in [7, 11) is 0. The molecular weight excluding hydrogens is 376 g/mol. The number of anilines is 1. The molecule has 144 valence electrons. The standard InChI is InChI=1S/C20H20N4O3S/c1-12(25)21-10-15-6-7-18(27-15)17-11-28-20(23-17)24-19(26)16-8-13-4-2-3-5-14(13)9-22-16/h2-7,11,16,22H,8-10H2,1H3,(H,21,25)(H,23,24,26). The van der Waals surface area contributed by atoms with Gasteiger partial charge in [-0.2, -0.15) is 0 Å². The maximum absolute atomic E-state index is 12.6. The Kier molecular flexibility index (Phi) is 5.23. The summed E-state index contributed by atoms with van der Waals surface area (Å²) in [5.41, 5.74) is 3.08. The van der Waals surface area contributed by atoms with Gasteiger partial charge in [-0.05, 0) is 29.7 Å². The van der Waals surface area contributed by atoms with Gasteiger partial charge in [-0.15, -0.1) is 11.3 Å². The van der Waals surface area contributed by atoms with E-state index in [-0.39, 0.29) is 17.9 Å². The van der Waals surface area contributed by atoms with Crippen molar-refractivity contribution in [3.8, 4) is 11.5 Å². The van der Waals surface area contributed by atoms with E-state index in [0.29, 0.717) is 41.9 Å². The molecule has 3 N–H and O–H groups in total. The Balaban J connectivity index is 1.38. The topological polar surface area (TPSA) is 96.3 Å². The lowest BCUT2D eigenvalue weighted by Crippen LogP contribution is -2.44. The lowest BCUT2D eigenvalue weighted by molar-refractivity contribution is -0.119. The van der Waals surface area contributed by atoms with Crippen LogP contribution in [-0.2, 0) is 29.1 Å². The highest BCUT2D eigenvalue weighted by Crippen LogP contribution is 2.27. The van der Waals surface area contributed by atoms with E-state index in [2.05, 4.69) is 33.1 Å². The number of nitrogens with one attached hydrogen (secondary N) is 3. The average molecular weight is 396 g/mol. The van der Waals surface area contributed by atoms with E-state index >= 15 is 0 Å². The molecule has 1 atom stereocenters. The number of nitrogens with zero attached hydrogens (tertiary/aromatic N) is 1.